The van der Waals surface area contributed by atoms with E-state index in [0.29, 0.717) is 12.0 Å². The Morgan fingerprint density at radius 2 is 2.16 bits per heavy atom. The van der Waals surface area contributed by atoms with E-state index in [1.165, 1.54) is 12.0 Å². The Morgan fingerprint density at radius 1 is 1.32 bits per heavy atom. The van der Waals surface area contributed by atoms with Crippen molar-refractivity contribution in [3.8, 4) is 0 Å². The van der Waals surface area contributed by atoms with Crippen LogP contribution in [0.5, 0.6) is 0 Å². The number of likely N-dealkylation sites (tertiary alicyclic amines) is 1. The molecule has 0 spiro atoms. The summed E-state index contributed by atoms with van der Waals surface area (Å²) in [6.45, 7) is 8.21. The van der Waals surface area contributed by atoms with Crippen LogP contribution in [0.1, 0.15) is 31.9 Å². The number of aliphatic imine (C=N–C) groups is 1. The van der Waals surface area contributed by atoms with E-state index in [1.807, 2.05) is 12.5 Å². The highest BCUT2D eigenvalue weighted by Crippen LogP contribution is 2.27. The van der Waals surface area contributed by atoms with Crippen molar-refractivity contribution in [3.05, 3.63) is 54.6 Å². The lowest BCUT2D eigenvalue weighted by Gasteiger charge is -2.39. The van der Waals surface area contributed by atoms with Crippen molar-refractivity contribution in [2.45, 2.75) is 32.7 Å². The van der Waals surface area contributed by atoms with E-state index in [-0.39, 0.29) is 0 Å². The van der Waals surface area contributed by atoms with Crippen LogP contribution in [-0.2, 0) is 6.42 Å². The number of nitrogens with one attached hydrogen (secondary N) is 1. The van der Waals surface area contributed by atoms with Crippen molar-refractivity contribution in [3.63, 3.8) is 0 Å². The maximum Gasteiger partial charge on any atom is 0.193 e. The third-order valence-corrected chi connectivity index (χ3v) is 4.97. The van der Waals surface area contributed by atoms with Crippen molar-refractivity contribution in [2.24, 2.45) is 10.9 Å². The fourth-order valence-corrected chi connectivity index (χ4v) is 3.46. The smallest absolute Gasteiger partial charge is 0.193 e. The molecule has 1 aliphatic heterocycles. The molecule has 1 fully saturated rings. The highest BCUT2D eigenvalue weighted by molar-refractivity contribution is 5.80. The molecule has 0 saturated carbocycles. The van der Waals surface area contributed by atoms with Gasteiger partial charge in [0.1, 0.15) is 0 Å². The van der Waals surface area contributed by atoms with Crippen LogP contribution in [0.15, 0.2) is 54.0 Å². The summed E-state index contributed by atoms with van der Waals surface area (Å²) in [5, 5.41) is 3.47. The zero-order valence-corrected chi connectivity index (χ0v) is 15.3. The molecule has 0 bridgehead atoms. The number of hydrogen-bond acceptors (Lipinski definition) is 2. The van der Waals surface area contributed by atoms with Gasteiger partial charge in [-0.3, -0.25) is 4.99 Å². The lowest BCUT2D eigenvalue weighted by molar-refractivity contribution is 0.189. The molecule has 2 atom stereocenters. The van der Waals surface area contributed by atoms with Gasteiger partial charge in [0.25, 0.3) is 0 Å². The van der Waals surface area contributed by atoms with Gasteiger partial charge >= 0.3 is 0 Å². The van der Waals surface area contributed by atoms with E-state index < -0.39 is 0 Å². The maximum atomic E-state index is 4.88. The first-order valence-corrected chi connectivity index (χ1v) is 9.32. The third-order valence-electron chi connectivity index (χ3n) is 4.97. The van der Waals surface area contributed by atoms with E-state index >= 15 is 0 Å². The summed E-state index contributed by atoms with van der Waals surface area (Å²) in [5.41, 5.74) is 1.34. The van der Waals surface area contributed by atoms with E-state index in [1.54, 1.807) is 0 Å². The van der Waals surface area contributed by atoms with Crippen LogP contribution in [0.2, 0.25) is 0 Å². The van der Waals surface area contributed by atoms with Crippen LogP contribution in [0, 0.1) is 5.92 Å². The number of hydrogen-bond donors (Lipinski definition) is 1. The standard InChI is InChI=1S/C20H29N5/c1-3-22-20(23-11-9-18-7-5-4-6-8-18)24-13-10-17(2)19(15-24)25-14-12-21-16-25/h4-8,12,14,16-17,19H,3,9-11,13,15H2,1-2H3,(H,22,23). The van der Waals surface area contributed by atoms with Crippen LogP contribution in [-0.4, -0.2) is 46.6 Å². The number of nitrogens with zero attached hydrogens (tertiary/aromatic N) is 4. The molecule has 2 heterocycles. The summed E-state index contributed by atoms with van der Waals surface area (Å²) >= 11 is 0. The quantitative estimate of drug-likeness (QED) is 0.673. The predicted octanol–water partition coefficient (Wildman–Crippen LogP) is 2.97. The molecule has 1 N–H and O–H groups in total. The SMILES string of the molecule is CCNC(=NCCc1ccccc1)N1CCC(C)C(n2ccnc2)C1. The van der Waals surface area contributed by atoms with Crippen molar-refractivity contribution in [1.29, 1.82) is 0 Å². The average Bonchev–Trinajstić information content (AvgIpc) is 3.17. The van der Waals surface area contributed by atoms with Crippen molar-refractivity contribution in [1.82, 2.24) is 19.8 Å². The molecule has 5 nitrogen and oxygen atoms in total. The highest BCUT2D eigenvalue weighted by atomic mass is 15.3. The topological polar surface area (TPSA) is 45.5 Å². The lowest BCUT2D eigenvalue weighted by Crippen LogP contribution is -2.49. The summed E-state index contributed by atoms with van der Waals surface area (Å²) in [5.74, 6) is 1.69. The predicted molar refractivity (Wildman–Crippen MR) is 103 cm³/mol. The molecule has 134 valence electrons. The van der Waals surface area contributed by atoms with Gasteiger partial charge in [-0.1, -0.05) is 37.3 Å². The van der Waals surface area contributed by atoms with Gasteiger partial charge in [0.2, 0.25) is 0 Å². The molecule has 1 aliphatic rings. The lowest BCUT2D eigenvalue weighted by atomic mass is 9.93. The molecule has 1 aromatic carbocycles. The average molecular weight is 339 g/mol. The van der Waals surface area contributed by atoms with Gasteiger partial charge in [-0.05, 0) is 31.2 Å². The molecular weight excluding hydrogens is 310 g/mol. The molecule has 2 aromatic rings. The minimum atomic E-state index is 0.453. The molecule has 1 saturated heterocycles. The second kappa shape index (κ2) is 8.70. The number of piperidine rings is 1. The second-order valence-corrected chi connectivity index (χ2v) is 6.76. The molecule has 0 amide bonds. The number of guanidine groups is 1. The summed E-state index contributed by atoms with van der Waals surface area (Å²) in [4.78, 5) is 11.5. The number of benzene rings is 1. The van der Waals surface area contributed by atoms with Gasteiger partial charge in [-0.2, -0.15) is 0 Å². The highest BCUT2D eigenvalue weighted by Gasteiger charge is 2.28. The Labute approximate surface area is 150 Å². The zero-order valence-electron chi connectivity index (χ0n) is 15.3. The summed E-state index contributed by atoms with van der Waals surface area (Å²) in [6, 6.07) is 11.0. The van der Waals surface area contributed by atoms with Crippen LogP contribution >= 0.6 is 0 Å². The van der Waals surface area contributed by atoms with E-state index in [0.717, 1.165) is 38.6 Å². The van der Waals surface area contributed by atoms with Crippen molar-refractivity contribution < 1.29 is 0 Å². The van der Waals surface area contributed by atoms with Crippen LogP contribution in [0.4, 0.5) is 0 Å². The molecule has 0 aliphatic carbocycles. The molecule has 2 unspecified atom stereocenters. The van der Waals surface area contributed by atoms with Crippen LogP contribution in [0.3, 0.4) is 0 Å². The van der Waals surface area contributed by atoms with Gasteiger partial charge in [-0.25, -0.2) is 4.98 Å². The van der Waals surface area contributed by atoms with E-state index in [9.17, 15) is 0 Å². The first-order valence-electron chi connectivity index (χ1n) is 9.32. The summed E-state index contributed by atoms with van der Waals surface area (Å²) < 4.78 is 2.24. The summed E-state index contributed by atoms with van der Waals surface area (Å²) in [6.07, 6.45) is 8.02. The number of rotatable bonds is 5. The Kier molecular flexibility index (Phi) is 6.09. The van der Waals surface area contributed by atoms with Gasteiger partial charge in [0.05, 0.1) is 12.4 Å². The van der Waals surface area contributed by atoms with Crippen molar-refractivity contribution >= 4 is 5.96 Å². The maximum absolute atomic E-state index is 4.88. The van der Waals surface area contributed by atoms with E-state index in [4.69, 9.17) is 4.99 Å². The Balaban J connectivity index is 1.65. The fourth-order valence-electron chi connectivity index (χ4n) is 3.46. The minimum Gasteiger partial charge on any atom is -0.357 e. The van der Waals surface area contributed by atoms with Gasteiger partial charge < -0.3 is 14.8 Å². The Hall–Kier alpha value is -2.30. The van der Waals surface area contributed by atoms with Gasteiger partial charge in [0.15, 0.2) is 5.96 Å². The monoisotopic (exact) mass is 339 g/mol. The number of imidazole rings is 1. The zero-order chi connectivity index (χ0) is 17.5. The van der Waals surface area contributed by atoms with Crippen LogP contribution in [0.25, 0.3) is 0 Å². The third kappa shape index (κ3) is 4.62. The van der Waals surface area contributed by atoms with Gasteiger partial charge in [-0.15, -0.1) is 0 Å². The largest absolute Gasteiger partial charge is 0.357 e. The molecule has 3 rings (SSSR count). The van der Waals surface area contributed by atoms with Crippen molar-refractivity contribution in [2.75, 3.05) is 26.2 Å². The van der Waals surface area contributed by atoms with E-state index in [2.05, 4.69) is 70.1 Å². The Morgan fingerprint density at radius 3 is 2.88 bits per heavy atom. The van der Waals surface area contributed by atoms with Gasteiger partial charge in [0, 0.05) is 38.6 Å². The first kappa shape index (κ1) is 17.5. The normalized spacial score (nSPS) is 21.4. The minimum absolute atomic E-state index is 0.453. The molecular formula is C20H29N5. The molecule has 5 heteroatoms. The molecule has 25 heavy (non-hydrogen) atoms. The summed E-state index contributed by atoms with van der Waals surface area (Å²) in [7, 11) is 0. The van der Waals surface area contributed by atoms with Crippen LogP contribution < -0.4 is 5.32 Å². The number of aromatic nitrogens is 2. The molecule has 1 aromatic heterocycles. The first-order chi connectivity index (χ1) is 12.3. The molecule has 0 radical (unpaired) electrons. The fraction of sp³-hybridized carbons (Fsp3) is 0.500. The Bertz CT molecular complexity index is 650. The second-order valence-electron chi connectivity index (χ2n) is 6.76.